The van der Waals surface area contributed by atoms with E-state index in [4.69, 9.17) is 4.74 Å². The van der Waals surface area contributed by atoms with Crippen molar-refractivity contribution in [1.82, 2.24) is 4.90 Å². The van der Waals surface area contributed by atoms with Crippen LogP contribution in [-0.4, -0.2) is 29.2 Å². The van der Waals surface area contributed by atoms with Gasteiger partial charge in [0, 0.05) is 16.6 Å². The third-order valence-corrected chi connectivity index (χ3v) is 4.38. The van der Waals surface area contributed by atoms with Gasteiger partial charge in [0.05, 0.1) is 11.5 Å². The summed E-state index contributed by atoms with van der Waals surface area (Å²) in [5.41, 5.74) is 0.784. The lowest BCUT2D eigenvalue weighted by molar-refractivity contribution is -0.123. The molecule has 0 aromatic heterocycles. The van der Waals surface area contributed by atoms with Crippen LogP contribution in [0.4, 0.5) is 4.79 Å². The number of ether oxygens (including phenoxy) is 1. The van der Waals surface area contributed by atoms with Crippen LogP contribution in [0, 0.1) is 5.92 Å². The maximum atomic E-state index is 12.4. The third kappa shape index (κ3) is 3.93. The van der Waals surface area contributed by atoms with E-state index in [0.717, 1.165) is 21.8 Å². The molecular weight excluding hydrogens is 366 g/mol. The Labute approximate surface area is 143 Å². The molecule has 118 valence electrons. The fourth-order valence-corrected chi connectivity index (χ4v) is 3.30. The van der Waals surface area contributed by atoms with E-state index >= 15 is 0 Å². The summed E-state index contributed by atoms with van der Waals surface area (Å²) in [7, 11) is 0. The maximum absolute atomic E-state index is 12.4. The summed E-state index contributed by atoms with van der Waals surface area (Å²) in [6.07, 6.45) is 1.72. The molecule has 22 heavy (non-hydrogen) atoms. The van der Waals surface area contributed by atoms with E-state index in [0.29, 0.717) is 23.8 Å². The van der Waals surface area contributed by atoms with Crippen molar-refractivity contribution in [2.75, 3.05) is 13.2 Å². The van der Waals surface area contributed by atoms with Gasteiger partial charge < -0.3 is 4.74 Å². The Morgan fingerprint density at radius 3 is 2.73 bits per heavy atom. The first kappa shape index (κ1) is 17.1. The van der Waals surface area contributed by atoms with E-state index in [2.05, 4.69) is 15.9 Å². The number of imide groups is 1. The predicted molar refractivity (Wildman–Crippen MR) is 92.8 cm³/mol. The van der Waals surface area contributed by atoms with Crippen molar-refractivity contribution in [2.24, 2.45) is 5.92 Å². The molecule has 1 aromatic carbocycles. The molecule has 0 bridgehead atoms. The number of benzene rings is 1. The van der Waals surface area contributed by atoms with Gasteiger partial charge in [0.15, 0.2) is 0 Å². The summed E-state index contributed by atoms with van der Waals surface area (Å²) in [6.45, 7) is 6.85. The summed E-state index contributed by atoms with van der Waals surface area (Å²) in [5.74, 6) is 0.713. The van der Waals surface area contributed by atoms with Crippen LogP contribution in [0.3, 0.4) is 0 Å². The van der Waals surface area contributed by atoms with Gasteiger partial charge in [-0.3, -0.25) is 14.5 Å². The molecule has 1 saturated heterocycles. The standard InChI is InChI=1S/C16H18BrNO3S/c1-4-21-13-6-5-12(17)7-11(13)8-14-15(19)18(9-10(2)3)16(20)22-14/h5-8,10H,4,9H2,1-3H3. The van der Waals surface area contributed by atoms with Crippen LogP contribution in [0.2, 0.25) is 0 Å². The van der Waals surface area contributed by atoms with Crippen molar-refractivity contribution in [3.8, 4) is 5.75 Å². The minimum Gasteiger partial charge on any atom is -0.493 e. The summed E-state index contributed by atoms with van der Waals surface area (Å²) >= 11 is 4.39. The summed E-state index contributed by atoms with van der Waals surface area (Å²) in [6, 6.07) is 5.60. The Balaban J connectivity index is 2.32. The number of rotatable bonds is 5. The van der Waals surface area contributed by atoms with Crippen molar-refractivity contribution < 1.29 is 14.3 Å². The van der Waals surface area contributed by atoms with E-state index in [9.17, 15) is 9.59 Å². The SMILES string of the molecule is CCOc1ccc(Br)cc1C=C1SC(=O)N(CC(C)C)C1=O. The Morgan fingerprint density at radius 2 is 2.09 bits per heavy atom. The lowest BCUT2D eigenvalue weighted by Gasteiger charge is -2.14. The minimum absolute atomic E-state index is 0.210. The topological polar surface area (TPSA) is 46.6 Å². The fraction of sp³-hybridized carbons (Fsp3) is 0.375. The molecule has 1 heterocycles. The van der Waals surface area contributed by atoms with Gasteiger partial charge in [-0.2, -0.15) is 0 Å². The molecule has 0 saturated carbocycles. The number of thioether (sulfide) groups is 1. The second-order valence-electron chi connectivity index (χ2n) is 5.30. The number of hydrogen-bond donors (Lipinski definition) is 0. The Bertz CT molecular complexity index is 628. The lowest BCUT2D eigenvalue weighted by atomic mass is 10.1. The average molecular weight is 384 g/mol. The van der Waals surface area contributed by atoms with Gasteiger partial charge in [0.25, 0.3) is 11.1 Å². The first-order chi connectivity index (χ1) is 10.4. The molecule has 2 rings (SSSR count). The van der Waals surface area contributed by atoms with E-state index < -0.39 is 0 Å². The highest BCUT2D eigenvalue weighted by Crippen LogP contribution is 2.35. The van der Waals surface area contributed by atoms with Crippen molar-refractivity contribution in [3.63, 3.8) is 0 Å². The molecule has 0 aliphatic carbocycles. The summed E-state index contributed by atoms with van der Waals surface area (Å²) in [4.78, 5) is 26.1. The smallest absolute Gasteiger partial charge is 0.293 e. The van der Waals surface area contributed by atoms with Crippen LogP contribution in [0.1, 0.15) is 26.3 Å². The molecule has 1 aliphatic rings. The normalized spacial score (nSPS) is 17.0. The van der Waals surface area contributed by atoms with Gasteiger partial charge in [0.2, 0.25) is 0 Å². The Morgan fingerprint density at radius 1 is 1.36 bits per heavy atom. The molecule has 0 unspecified atom stereocenters. The molecule has 1 fully saturated rings. The van der Waals surface area contributed by atoms with Crippen molar-refractivity contribution in [1.29, 1.82) is 0 Å². The van der Waals surface area contributed by atoms with Crippen LogP contribution in [0.25, 0.3) is 6.08 Å². The third-order valence-electron chi connectivity index (χ3n) is 2.98. The predicted octanol–water partition coefficient (Wildman–Crippen LogP) is 4.54. The summed E-state index contributed by atoms with van der Waals surface area (Å²) in [5, 5.41) is -0.210. The molecule has 1 aliphatic heterocycles. The van der Waals surface area contributed by atoms with Crippen LogP contribution in [-0.2, 0) is 4.79 Å². The number of amides is 2. The zero-order valence-corrected chi connectivity index (χ0v) is 15.2. The van der Waals surface area contributed by atoms with Gasteiger partial charge in [-0.1, -0.05) is 29.8 Å². The Kier molecular flexibility index (Phi) is 5.69. The molecule has 6 heteroatoms. The second-order valence-corrected chi connectivity index (χ2v) is 7.21. The van der Waals surface area contributed by atoms with Crippen LogP contribution >= 0.6 is 27.7 Å². The quantitative estimate of drug-likeness (QED) is 0.700. The lowest BCUT2D eigenvalue weighted by Crippen LogP contribution is -2.31. The molecule has 4 nitrogen and oxygen atoms in total. The van der Waals surface area contributed by atoms with Gasteiger partial charge >= 0.3 is 0 Å². The fourth-order valence-electron chi connectivity index (χ4n) is 2.08. The van der Waals surface area contributed by atoms with Crippen molar-refractivity contribution in [2.45, 2.75) is 20.8 Å². The number of carbonyl (C=O) groups excluding carboxylic acids is 2. The van der Waals surface area contributed by atoms with Crippen LogP contribution in [0.5, 0.6) is 5.75 Å². The number of nitrogens with zero attached hydrogens (tertiary/aromatic N) is 1. The minimum atomic E-state index is -0.230. The second kappa shape index (κ2) is 7.33. The highest BCUT2D eigenvalue weighted by Gasteiger charge is 2.35. The van der Waals surface area contributed by atoms with E-state index in [1.165, 1.54) is 4.90 Å². The molecule has 0 radical (unpaired) electrons. The Hall–Kier alpha value is -1.27. The van der Waals surface area contributed by atoms with Crippen LogP contribution in [0.15, 0.2) is 27.6 Å². The molecule has 2 amide bonds. The number of halogens is 1. The van der Waals surface area contributed by atoms with E-state index in [1.54, 1.807) is 6.08 Å². The zero-order chi connectivity index (χ0) is 16.3. The van der Waals surface area contributed by atoms with E-state index in [-0.39, 0.29) is 17.1 Å². The molecular formula is C16H18BrNO3S. The van der Waals surface area contributed by atoms with E-state index in [1.807, 2.05) is 39.0 Å². The highest BCUT2D eigenvalue weighted by molar-refractivity contribution is 9.10. The number of hydrogen-bond acceptors (Lipinski definition) is 4. The number of carbonyl (C=O) groups is 2. The monoisotopic (exact) mass is 383 g/mol. The molecule has 0 atom stereocenters. The van der Waals surface area contributed by atoms with Gasteiger partial charge in [-0.25, -0.2) is 0 Å². The molecule has 1 aromatic rings. The van der Waals surface area contributed by atoms with Gasteiger partial charge in [-0.05, 0) is 48.9 Å². The largest absolute Gasteiger partial charge is 0.493 e. The highest BCUT2D eigenvalue weighted by atomic mass is 79.9. The molecule has 0 N–H and O–H groups in total. The van der Waals surface area contributed by atoms with Crippen molar-refractivity contribution >= 4 is 44.9 Å². The molecule has 0 spiro atoms. The van der Waals surface area contributed by atoms with Crippen molar-refractivity contribution in [3.05, 3.63) is 33.1 Å². The van der Waals surface area contributed by atoms with Gasteiger partial charge in [-0.15, -0.1) is 0 Å². The summed E-state index contributed by atoms with van der Waals surface area (Å²) < 4.78 is 6.46. The zero-order valence-electron chi connectivity index (χ0n) is 12.8. The van der Waals surface area contributed by atoms with Gasteiger partial charge in [0.1, 0.15) is 5.75 Å². The first-order valence-electron chi connectivity index (χ1n) is 7.10. The average Bonchev–Trinajstić information content (AvgIpc) is 2.69. The van der Waals surface area contributed by atoms with Crippen LogP contribution < -0.4 is 4.74 Å². The first-order valence-corrected chi connectivity index (χ1v) is 8.71. The maximum Gasteiger partial charge on any atom is 0.293 e.